The van der Waals surface area contributed by atoms with Crippen LogP contribution in [0, 0.1) is 0 Å². The zero-order valence-electron chi connectivity index (χ0n) is 11.7. The lowest BCUT2D eigenvalue weighted by atomic mass is 10.1. The molecule has 0 amide bonds. The van der Waals surface area contributed by atoms with Crippen molar-refractivity contribution in [1.82, 2.24) is 14.3 Å². The van der Waals surface area contributed by atoms with Crippen molar-refractivity contribution in [2.45, 2.75) is 11.5 Å². The predicted octanol–water partition coefficient (Wildman–Crippen LogP) is 1.46. The summed E-state index contributed by atoms with van der Waals surface area (Å²) in [4.78, 5) is 7.54. The molecule has 2 N–H and O–H groups in total. The van der Waals surface area contributed by atoms with Crippen molar-refractivity contribution in [2.24, 2.45) is 0 Å². The van der Waals surface area contributed by atoms with E-state index in [0.717, 1.165) is 21.8 Å². The summed E-state index contributed by atoms with van der Waals surface area (Å²) in [5.41, 5.74) is 2.19. The lowest BCUT2D eigenvalue weighted by Crippen LogP contribution is -2.22. The molecule has 110 valence electrons. The standard InChI is InChI=1S/C14H15N3O3S/c1-17(2)21(19,20)10-3-4-13-12(6-10)11-5-9(8-18)15-7-14(11)16-13/h3-7,16,18H,8H2,1-2H3. The monoisotopic (exact) mass is 305 g/mol. The Balaban J connectivity index is 2.32. The van der Waals surface area contributed by atoms with Gasteiger partial charge < -0.3 is 10.1 Å². The van der Waals surface area contributed by atoms with Gasteiger partial charge in [-0.25, -0.2) is 12.7 Å². The van der Waals surface area contributed by atoms with E-state index in [1.807, 2.05) is 0 Å². The summed E-state index contributed by atoms with van der Waals surface area (Å²) in [7, 11) is -0.471. The Morgan fingerprint density at radius 1 is 1.19 bits per heavy atom. The van der Waals surface area contributed by atoms with Crippen molar-refractivity contribution in [3.05, 3.63) is 36.2 Å². The van der Waals surface area contributed by atoms with Crippen LogP contribution < -0.4 is 0 Å². The van der Waals surface area contributed by atoms with Crippen LogP contribution in [0.4, 0.5) is 0 Å². The van der Waals surface area contributed by atoms with E-state index in [2.05, 4.69) is 9.97 Å². The first-order valence-electron chi connectivity index (χ1n) is 6.37. The van der Waals surface area contributed by atoms with Crippen molar-refractivity contribution in [3.63, 3.8) is 0 Å². The van der Waals surface area contributed by atoms with E-state index in [-0.39, 0.29) is 11.5 Å². The molecule has 0 radical (unpaired) electrons. The third kappa shape index (κ3) is 2.19. The number of aliphatic hydroxyl groups excluding tert-OH is 1. The van der Waals surface area contributed by atoms with Gasteiger partial charge in [-0.15, -0.1) is 0 Å². The number of nitrogens with zero attached hydrogens (tertiary/aromatic N) is 2. The molecule has 0 spiro atoms. The number of rotatable bonds is 3. The van der Waals surface area contributed by atoms with Crippen LogP contribution in [0.15, 0.2) is 35.4 Å². The minimum Gasteiger partial charge on any atom is -0.390 e. The van der Waals surface area contributed by atoms with Gasteiger partial charge >= 0.3 is 0 Å². The van der Waals surface area contributed by atoms with Crippen molar-refractivity contribution in [1.29, 1.82) is 0 Å². The third-order valence-corrected chi connectivity index (χ3v) is 5.26. The van der Waals surface area contributed by atoms with Crippen molar-refractivity contribution in [3.8, 4) is 0 Å². The van der Waals surface area contributed by atoms with E-state index in [1.54, 1.807) is 30.5 Å². The number of hydrogen-bond donors (Lipinski definition) is 2. The van der Waals surface area contributed by atoms with Gasteiger partial charge in [0.25, 0.3) is 0 Å². The van der Waals surface area contributed by atoms with Crippen molar-refractivity contribution < 1.29 is 13.5 Å². The summed E-state index contributed by atoms with van der Waals surface area (Å²) in [6, 6.07) is 6.72. The fourth-order valence-electron chi connectivity index (χ4n) is 2.28. The van der Waals surface area contributed by atoms with E-state index in [0.29, 0.717) is 5.69 Å². The molecule has 1 aromatic carbocycles. The molecule has 0 aliphatic rings. The van der Waals surface area contributed by atoms with Crippen LogP contribution >= 0.6 is 0 Å². The number of aromatic nitrogens is 2. The van der Waals surface area contributed by atoms with Crippen LogP contribution in [-0.4, -0.2) is 41.9 Å². The van der Waals surface area contributed by atoms with Crippen LogP contribution in [-0.2, 0) is 16.6 Å². The molecule has 2 heterocycles. The summed E-state index contributed by atoms with van der Waals surface area (Å²) < 4.78 is 25.6. The minimum absolute atomic E-state index is 0.154. The fraction of sp³-hybridized carbons (Fsp3) is 0.214. The molecule has 21 heavy (non-hydrogen) atoms. The van der Waals surface area contributed by atoms with Gasteiger partial charge in [-0.3, -0.25) is 4.98 Å². The normalized spacial score (nSPS) is 12.6. The molecule has 2 aromatic heterocycles. The Kier molecular flexibility index (Phi) is 3.20. The first-order chi connectivity index (χ1) is 9.93. The Labute approximate surface area is 122 Å². The van der Waals surface area contributed by atoms with Gasteiger partial charge in [0.1, 0.15) is 0 Å². The maximum Gasteiger partial charge on any atom is 0.242 e. The van der Waals surface area contributed by atoms with Crippen molar-refractivity contribution in [2.75, 3.05) is 14.1 Å². The molecular formula is C14H15N3O3S. The third-order valence-electron chi connectivity index (χ3n) is 3.45. The molecule has 0 saturated heterocycles. The van der Waals surface area contributed by atoms with Gasteiger partial charge in [-0.2, -0.15) is 0 Å². The SMILES string of the molecule is CN(C)S(=O)(=O)c1ccc2[nH]c3cnc(CO)cc3c2c1. The van der Waals surface area contributed by atoms with Crippen LogP contribution in [0.3, 0.4) is 0 Å². The zero-order chi connectivity index (χ0) is 15.2. The molecule has 3 aromatic rings. The molecule has 0 fully saturated rings. The first-order valence-corrected chi connectivity index (χ1v) is 7.81. The lowest BCUT2D eigenvalue weighted by molar-refractivity contribution is 0.277. The highest BCUT2D eigenvalue weighted by molar-refractivity contribution is 7.89. The van der Waals surface area contributed by atoms with E-state index >= 15 is 0 Å². The second kappa shape index (κ2) is 4.80. The van der Waals surface area contributed by atoms with Crippen molar-refractivity contribution >= 4 is 31.8 Å². The summed E-state index contributed by atoms with van der Waals surface area (Å²) in [5, 5.41) is 10.8. The topological polar surface area (TPSA) is 86.3 Å². The van der Waals surface area contributed by atoms with E-state index in [4.69, 9.17) is 0 Å². The van der Waals surface area contributed by atoms with Crippen LogP contribution in [0.5, 0.6) is 0 Å². The van der Waals surface area contributed by atoms with Gasteiger partial charge in [0.15, 0.2) is 0 Å². The fourth-order valence-corrected chi connectivity index (χ4v) is 3.21. The summed E-state index contributed by atoms with van der Waals surface area (Å²) in [6.07, 6.45) is 1.64. The average molecular weight is 305 g/mol. The number of pyridine rings is 1. The van der Waals surface area contributed by atoms with Crippen LogP contribution in [0.1, 0.15) is 5.69 Å². The second-order valence-electron chi connectivity index (χ2n) is 5.00. The summed E-state index contributed by atoms with van der Waals surface area (Å²) in [5.74, 6) is 0. The van der Waals surface area contributed by atoms with Gasteiger partial charge in [-0.1, -0.05) is 0 Å². The number of nitrogens with one attached hydrogen (secondary N) is 1. The van der Waals surface area contributed by atoms with Gasteiger partial charge in [0, 0.05) is 30.4 Å². The highest BCUT2D eigenvalue weighted by atomic mass is 32.2. The molecule has 0 bridgehead atoms. The first kappa shape index (κ1) is 14.0. The Morgan fingerprint density at radius 2 is 1.90 bits per heavy atom. The van der Waals surface area contributed by atoms with Crippen LogP contribution in [0.2, 0.25) is 0 Å². The maximum absolute atomic E-state index is 12.2. The number of benzene rings is 1. The predicted molar refractivity (Wildman–Crippen MR) is 80.4 cm³/mol. The highest BCUT2D eigenvalue weighted by Crippen LogP contribution is 2.28. The summed E-state index contributed by atoms with van der Waals surface area (Å²) >= 11 is 0. The second-order valence-corrected chi connectivity index (χ2v) is 7.15. The van der Waals surface area contributed by atoms with E-state index in [1.165, 1.54) is 18.4 Å². The Bertz CT molecular complexity index is 929. The average Bonchev–Trinajstić information content (AvgIpc) is 2.83. The number of sulfonamides is 1. The highest BCUT2D eigenvalue weighted by Gasteiger charge is 2.18. The number of H-pyrrole nitrogens is 1. The van der Waals surface area contributed by atoms with Gasteiger partial charge in [0.05, 0.1) is 28.9 Å². The van der Waals surface area contributed by atoms with Crippen LogP contribution in [0.25, 0.3) is 21.8 Å². The minimum atomic E-state index is -3.48. The Hall–Kier alpha value is -1.96. The Morgan fingerprint density at radius 3 is 2.57 bits per heavy atom. The summed E-state index contributed by atoms with van der Waals surface area (Å²) in [6.45, 7) is -0.154. The lowest BCUT2D eigenvalue weighted by Gasteiger charge is -2.11. The molecule has 0 saturated carbocycles. The molecule has 0 aliphatic carbocycles. The zero-order valence-corrected chi connectivity index (χ0v) is 12.5. The molecule has 0 atom stereocenters. The maximum atomic E-state index is 12.2. The smallest absolute Gasteiger partial charge is 0.242 e. The number of fused-ring (bicyclic) bond motifs is 3. The van der Waals surface area contributed by atoms with E-state index in [9.17, 15) is 13.5 Å². The van der Waals surface area contributed by atoms with Gasteiger partial charge in [0.2, 0.25) is 10.0 Å². The molecule has 3 rings (SSSR count). The molecule has 6 nitrogen and oxygen atoms in total. The molecule has 0 aliphatic heterocycles. The molecule has 7 heteroatoms. The molecule has 0 unspecified atom stereocenters. The number of hydrogen-bond acceptors (Lipinski definition) is 4. The largest absolute Gasteiger partial charge is 0.390 e. The number of aliphatic hydroxyl groups is 1. The van der Waals surface area contributed by atoms with Gasteiger partial charge in [-0.05, 0) is 24.3 Å². The number of aromatic amines is 1. The molecular weight excluding hydrogens is 290 g/mol. The van der Waals surface area contributed by atoms with E-state index < -0.39 is 10.0 Å². The quantitative estimate of drug-likeness (QED) is 0.767.